The van der Waals surface area contributed by atoms with Gasteiger partial charge in [0.05, 0.1) is 6.10 Å². The number of aliphatic hydroxyl groups is 1. The Labute approximate surface area is 84.6 Å². The number of carbonyl (C=O) groups excluding carboxylic acids is 1. The van der Waals surface area contributed by atoms with Gasteiger partial charge in [0, 0.05) is 13.0 Å². The summed E-state index contributed by atoms with van der Waals surface area (Å²) in [5, 5.41) is 12.1. The van der Waals surface area contributed by atoms with Crippen molar-refractivity contribution < 1.29 is 14.6 Å². The zero-order valence-electron chi connectivity index (χ0n) is 8.99. The van der Waals surface area contributed by atoms with E-state index < -0.39 is 6.10 Å². The van der Waals surface area contributed by atoms with E-state index in [9.17, 15) is 9.90 Å². The van der Waals surface area contributed by atoms with Crippen molar-refractivity contribution in [1.29, 1.82) is 0 Å². The number of nitrogens with one attached hydrogen (secondary N) is 1. The van der Waals surface area contributed by atoms with Gasteiger partial charge in [0.1, 0.15) is 12.1 Å². The number of esters is 1. The van der Waals surface area contributed by atoms with Gasteiger partial charge < -0.3 is 15.2 Å². The van der Waals surface area contributed by atoms with Crippen LogP contribution in [0.5, 0.6) is 0 Å². The Balaban J connectivity index is 2.35. The van der Waals surface area contributed by atoms with Crippen molar-refractivity contribution in [1.82, 2.24) is 5.32 Å². The molecule has 82 valence electrons. The number of β-amino-alcohol motifs (C(OH)–C–C–N with tert-alkyl or cyclic N) is 1. The molecule has 0 bridgehead atoms. The van der Waals surface area contributed by atoms with E-state index in [0.29, 0.717) is 18.9 Å². The Hall–Kier alpha value is -0.610. The Morgan fingerprint density at radius 1 is 1.50 bits per heavy atom. The molecule has 0 saturated carbocycles. The van der Waals surface area contributed by atoms with Gasteiger partial charge in [0.25, 0.3) is 0 Å². The van der Waals surface area contributed by atoms with Gasteiger partial charge in [-0.1, -0.05) is 13.8 Å². The summed E-state index contributed by atoms with van der Waals surface area (Å²) in [7, 11) is 0. The first-order valence-corrected chi connectivity index (χ1v) is 5.12. The van der Waals surface area contributed by atoms with Crippen LogP contribution in [0.2, 0.25) is 0 Å². The molecule has 4 nitrogen and oxygen atoms in total. The first-order chi connectivity index (χ1) is 6.50. The highest BCUT2D eigenvalue weighted by Crippen LogP contribution is 2.12. The largest absolute Gasteiger partial charge is 0.461 e. The van der Waals surface area contributed by atoms with E-state index in [1.54, 1.807) is 0 Å². The molecule has 0 aromatic heterocycles. The molecule has 1 fully saturated rings. The van der Waals surface area contributed by atoms with Crippen molar-refractivity contribution >= 4 is 5.97 Å². The van der Waals surface area contributed by atoms with Crippen LogP contribution in [0, 0.1) is 5.92 Å². The zero-order valence-corrected chi connectivity index (χ0v) is 8.99. The van der Waals surface area contributed by atoms with Gasteiger partial charge in [0.15, 0.2) is 0 Å². The minimum Gasteiger partial charge on any atom is -0.461 e. The average molecular weight is 201 g/mol. The molecule has 1 rings (SSSR count). The molecule has 14 heavy (non-hydrogen) atoms. The number of hydrogen-bond donors (Lipinski definition) is 2. The lowest BCUT2D eigenvalue weighted by atomic mass is 10.1. The number of ether oxygens (including phenoxy) is 1. The van der Waals surface area contributed by atoms with E-state index in [2.05, 4.69) is 5.32 Å². The normalized spacial score (nSPS) is 29.2. The second-order valence-electron chi connectivity index (χ2n) is 4.24. The first-order valence-electron chi connectivity index (χ1n) is 5.12. The fourth-order valence-electron chi connectivity index (χ4n) is 1.30. The summed E-state index contributed by atoms with van der Waals surface area (Å²) in [6, 6.07) is -0.328. The van der Waals surface area contributed by atoms with E-state index in [-0.39, 0.29) is 18.1 Å². The summed E-state index contributed by atoms with van der Waals surface area (Å²) in [6.45, 7) is 6.38. The molecule has 0 aliphatic carbocycles. The summed E-state index contributed by atoms with van der Waals surface area (Å²) in [6.07, 6.45) is -0.0205. The van der Waals surface area contributed by atoms with Crippen molar-refractivity contribution in [2.45, 2.75) is 45.4 Å². The van der Waals surface area contributed by atoms with Gasteiger partial charge >= 0.3 is 5.97 Å². The Morgan fingerprint density at radius 2 is 2.14 bits per heavy atom. The van der Waals surface area contributed by atoms with Gasteiger partial charge in [-0.25, -0.2) is 0 Å². The molecule has 1 aliphatic heterocycles. The maximum absolute atomic E-state index is 11.5. The molecule has 1 aliphatic rings. The standard InChI is InChI=1S/C10H19NO3/c1-6(2)7(3)14-10(13)9-4-8(12)5-11-9/h6-9,11-12H,4-5H2,1-3H3. The summed E-state index contributed by atoms with van der Waals surface area (Å²) < 4.78 is 5.23. The zero-order chi connectivity index (χ0) is 10.7. The summed E-state index contributed by atoms with van der Waals surface area (Å²) in [4.78, 5) is 11.5. The lowest BCUT2D eigenvalue weighted by molar-refractivity contribution is -0.152. The summed E-state index contributed by atoms with van der Waals surface area (Å²) in [5.41, 5.74) is 0. The van der Waals surface area contributed by atoms with Crippen LogP contribution < -0.4 is 5.32 Å². The van der Waals surface area contributed by atoms with Crippen LogP contribution in [0.1, 0.15) is 27.2 Å². The molecule has 0 radical (unpaired) electrons. The molecular weight excluding hydrogens is 182 g/mol. The molecule has 0 amide bonds. The minimum atomic E-state index is -0.415. The van der Waals surface area contributed by atoms with Crippen LogP contribution in [0.3, 0.4) is 0 Å². The van der Waals surface area contributed by atoms with E-state index in [4.69, 9.17) is 4.74 Å². The number of hydrogen-bond acceptors (Lipinski definition) is 4. The summed E-state index contributed by atoms with van der Waals surface area (Å²) in [5.74, 6) is 0.0769. The van der Waals surface area contributed by atoms with Crippen LogP contribution in [-0.4, -0.2) is 35.9 Å². The topological polar surface area (TPSA) is 58.6 Å². The van der Waals surface area contributed by atoms with Crippen LogP contribution in [0.15, 0.2) is 0 Å². The smallest absolute Gasteiger partial charge is 0.323 e. The van der Waals surface area contributed by atoms with Crippen LogP contribution in [0.4, 0.5) is 0 Å². The van der Waals surface area contributed by atoms with Gasteiger partial charge in [-0.05, 0) is 12.8 Å². The Morgan fingerprint density at radius 3 is 2.57 bits per heavy atom. The number of aliphatic hydroxyl groups excluding tert-OH is 1. The molecule has 3 unspecified atom stereocenters. The maximum Gasteiger partial charge on any atom is 0.323 e. The molecular formula is C10H19NO3. The first kappa shape index (κ1) is 11.5. The van der Waals surface area contributed by atoms with Crippen molar-refractivity contribution in [3.8, 4) is 0 Å². The third-order valence-corrected chi connectivity index (χ3v) is 2.63. The molecule has 2 N–H and O–H groups in total. The highest BCUT2D eigenvalue weighted by atomic mass is 16.5. The maximum atomic E-state index is 11.5. The van der Waals surface area contributed by atoms with Crippen molar-refractivity contribution in [3.05, 3.63) is 0 Å². The molecule has 1 heterocycles. The minimum absolute atomic E-state index is 0.0676. The monoisotopic (exact) mass is 201 g/mol. The Kier molecular flexibility index (Phi) is 3.89. The van der Waals surface area contributed by atoms with Crippen LogP contribution in [0.25, 0.3) is 0 Å². The second kappa shape index (κ2) is 4.75. The van der Waals surface area contributed by atoms with Crippen molar-refractivity contribution in [2.24, 2.45) is 5.92 Å². The predicted molar refractivity (Wildman–Crippen MR) is 52.8 cm³/mol. The predicted octanol–water partition coefficient (Wildman–Crippen LogP) is 0.297. The van der Waals surface area contributed by atoms with Crippen molar-refractivity contribution in [3.63, 3.8) is 0 Å². The average Bonchev–Trinajstić information content (AvgIpc) is 2.51. The fraction of sp³-hybridized carbons (Fsp3) is 0.900. The van der Waals surface area contributed by atoms with Gasteiger partial charge in [-0.2, -0.15) is 0 Å². The van der Waals surface area contributed by atoms with Gasteiger partial charge in [0.2, 0.25) is 0 Å². The third-order valence-electron chi connectivity index (χ3n) is 2.63. The molecule has 0 spiro atoms. The van der Waals surface area contributed by atoms with E-state index in [1.807, 2.05) is 20.8 Å². The van der Waals surface area contributed by atoms with Crippen LogP contribution in [-0.2, 0) is 9.53 Å². The van der Waals surface area contributed by atoms with Crippen LogP contribution >= 0.6 is 0 Å². The van der Waals surface area contributed by atoms with E-state index >= 15 is 0 Å². The lowest BCUT2D eigenvalue weighted by Gasteiger charge is -2.19. The van der Waals surface area contributed by atoms with Gasteiger partial charge in [-0.3, -0.25) is 4.79 Å². The van der Waals surface area contributed by atoms with Gasteiger partial charge in [-0.15, -0.1) is 0 Å². The molecule has 0 aromatic rings. The van der Waals surface area contributed by atoms with E-state index in [1.165, 1.54) is 0 Å². The molecule has 3 atom stereocenters. The number of rotatable bonds is 3. The van der Waals surface area contributed by atoms with E-state index in [0.717, 1.165) is 0 Å². The quantitative estimate of drug-likeness (QED) is 0.645. The molecule has 1 saturated heterocycles. The summed E-state index contributed by atoms with van der Waals surface area (Å²) >= 11 is 0. The fourth-order valence-corrected chi connectivity index (χ4v) is 1.30. The number of carbonyl (C=O) groups is 1. The molecule has 0 aromatic carbocycles. The molecule has 4 heteroatoms. The van der Waals surface area contributed by atoms with Crippen molar-refractivity contribution in [2.75, 3.05) is 6.54 Å². The SMILES string of the molecule is CC(C)C(C)OC(=O)C1CC(O)CN1. The lowest BCUT2D eigenvalue weighted by Crippen LogP contribution is -2.35. The highest BCUT2D eigenvalue weighted by molar-refractivity contribution is 5.76. The Bertz CT molecular complexity index is 206. The highest BCUT2D eigenvalue weighted by Gasteiger charge is 2.30. The third kappa shape index (κ3) is 2.96. The second-order valence-corrected chi connectivity index (χ2v) is 4.24.